The van der Waals surface area contributed by atoms with Crippen LogP contribution in [0.2, 0.25) is 0 Å². The van der Waals surface area contributed by atoms with E-state index >= 15 is 0 Å². The van der Waals surface area contributed by atoms with E-state index in [0.717, 1.165) is 4.74 Å². The van der Waals surface area contributed by atoms with Gasteiger partial charge in [0.15, 0.2) is 5.82 Å². The maximum Gasteiger partial charge on any atom is 0.460 e. The zero-order valence-electron chi connectivity index (χ0n) is 5.91. The van der Waals surface area contributed by atoms with Crippen LogP contribution in [0.4, 0.5) is 0 Å². The molecule has 60 valence electrons. The molecule has 2 heterocycles. The van der Waals surface area contributed by atoms with Gasteiger partial charge in [0.25, 0.3) is 0 Å². The van der Waals surface area contributed by atoms with E-state index in [4.69, 9.17) is 0 Å². The molecule has 0 saturated carbocycles. The summed E-state index contributed by atoms with van der Waals surface area (Å²) in [5, 5.41) is 0. The first-order chi connectivity index (χ1) is 5.86. The Morgan fingerprint density at radius 2 is 2.25 bits per heavy atom. The van der Waals surface area contributed by atoms with Gasteiger partial charge in [0.1, 0.15) is 6.33 Å². The average Bonchev–Trinajstić information content (AvgIpc) is 2.54. The summed E-state index contributed by atoms with van der Waals surface area (Å²) in [6.45, 7) is 0. The van der Waals surface area contributed by atoms with Crippen molar-refractivity contribution in [3.63, 3.8) is 0 Å². The fourth-order valence-electron chi connectivity index (χ4n) is 0.742. The Balaban J connectivity index is 2.51. The van der Waals surface area contributed by atoms with Crippen LogP contribution >= 0.6 is 0 Å². The van der Waals surface area contributed by atoms with Crippen molar-refractivity contribution in [3.05, 3.63) is 35.5 Å². The van der Waals surface area contributed by atoms with Crippen molar-refractivity contribution in [1.82, 2.24) is 19.7 Å². The minimum atomic E-state index is -0.652. The van der Waals surface area contributed by atoms with Gasteiger partial charge in [-0.25, -0.2) is 9.78 Å². The SMILES string of the molecule is O=c1ncn(-c2cnccn2)o1. The normalized spacial score (nSPS) is 10.0. The molecule has 0 aliphatic rings. The first-order valence-corrected chi connectivity index (χ1v) is 3.17. The summed E-state index contributed by atoms with van der Waals surface area (Å²) in [6, 6.07) is 0. The van der Waals surface area contributed by atoms with Gasteiger partial charge < -0.3 is 4.52 Å². The highest BCUT2D eigenvalue weighted by molar-refractivity contribution is 5.11. The van der Waals surface area contributed by atoms with Crippen molar-refractivity contribution in [2.75, 3.05) is 0 Å². The van der Waals surface area contributed by atoms with Gasteiger partial charge in [0.2, 0.25) is 0 Å². The van der Waals surface area contributed by atoms with Crippen LogP contribution in [0.25, 0.3) is 5.82 Å². The van der Waals surface area contributed by atoms with Gasteiger partial charge in [0, 0.05) is 12.4 Å². The van der Waals surface area contributed by atoms with Crippen LogP contribution in [0.1, 0.15) is 0 Å². The number of hydrogen-bond acceptors (Lipinski definition) is 5. The molecule has 6 heteroatoms. The molecule has 6 nitrogen and oxygen atoms in total. The molecule has 0 unspecified atom stereocenters. The van der Waals surface area contributed by atoms with E-state index in [1.54, 1.807) is 0 Å². The van der Waals surface area contributed by atoms with Gasteiger partial charge in [-0.15, -0.1) is 4.74 Å². The minimum Gasteiger partial charge on any atom is -0.312 e. The molecular formula is C6H4N4O2. The minimum absolute atomic E-state index is 0.423. The summed E-state index contributed by atoms with van der Waals surface area (Å²) < 4.78 is 5.77. The monoisotopic (exact) mass is 164 g/mol. The van der Waals surface area contributed by atoms with Crippen LogP contribution < -0.4 is 5.76 Å². The molecule has 2 aromatic heterocycles. The summed E-state index contributed by atoms with van der Waals surface area (Å²) in [6.07, 6.45) is 5.73. The Labute approximate surface area is 66.5 Å². The Morgan fingerprint density at radius 1 is 1.33 bits per heavy atom. The molecule has 0 aromatic carbocycles. The smallest absolute Gasteiger partial charge is 0.312 e. The Kier molecular flexibility index (Phi) is 1.44. The van der Waals surface area contributed by atoms with E-state index in [1.165, 1.54) is 24.9 Å². The highest BCUT2D eigenvalue weighted by Crippen LogP contribution is 1.95. The molecule has 0 aliphatic carbocycles. The zero-order chi connectivity index (χ0) is 8.39. The summed E-state index contributed by atoms with van der Waals surface area (Å²) >= 11 is 0. The highest BCUT2D eigenvalue weighted by atomic mass is 16.5. The maximum absolute atomic E-state index is 10.5. The van der Waals surface area contributed by atoms with Crippen LogP contribution in [-0.2, 0) is 0 Å². The van der Waals surface area contributed by atoms with Crippen molar-refractivity contribution in [2.24, 2.45) is 0 Å². The fourth-order valence-corrected chi connectivity index (χ4v) is 0.742. The molecule has 0 radical (unpaired) electrons. The third-order valence-corrected chi connectivity index (χ3v) is 1.22. The van der Waals surface area contributed by atoms with Gasteiger partial charge in [0.05, 0.1) is 6.20 Å². The van der Waals surface area contributed by atoms with E-state index < -0.39 is 5.76 Å². The summed E-state index contributed by atoms with van der Waals surface area (Å²) in [7, 11) is 0. The van der Waals surface area contributed by atoms with Crippen molar-refractivity contribution < 1.29 is 4.52 Å². The Morgan fingerprint density at radius 3 is 2.83 bits per heavy atom. The number of hydrogen-bond donors (Lipinski definition) is 0. The molecular weight excluding hydrogens is 160 g/mol. The summed E-state index contributed by atoms with van der Waals surface area (Å²) in [5.74, 6) is -0.229. The highest BCUT2D eigenvalue weighted by Gasteiger charge is 1.99. The van der Waals surface area contributed by atoms with Gasteiger partial charge >= 0.3 is 5.76 Å². The lowest BCUT2D eigenvalue weighted by molar-refractivity contribution is 0.315. The lowest BCUT2D eigenvalue weighted by Crippen LogP contribution is -1.97. The second-order valence-electron chi connectivity index (χ2n) is 1.99. The average molecular weight is 164 g/mol. The second-order valence-corrected chi connectivity index (χ2v) is 1.99. The van der Waals surface area contributed by atoms with Gasteiger partial charge in [-0.3, -0.25) is 4.98 Å². The number of aromatic nitrogens is 4. The fraction of sp³-hybridized carbons (Fsp3) is 0. The maximum atomic E-state index is 10.5. The third-order valence-electron chi connectivity index (χ3n) is 1.22. The van der Waals surface area contributed by atoms with Crippen LogP contribution in [0, 0.1) is 0 Å². The van der Waals surface area contributed by atoms with E-state index in [9.17, 15) is 4.79 Å². The summed E-state index contributed by atoms with van der Waals surface area (Å²) in [5.41, 5.74) is 0. The Hall–Kier alpha value is -1.98. The first-order valence-electron chi connectivity index (χ1n) is 3.17. The van der Waals surface area contributed by atoms with E-state index in [0.29, 0.717) is 5.82 Å². The largest absolute Gasteiger partial charge is 0.460 e. The van der Waals surface area contributed by atoms with E-state index in [-0.39, 0.29) is 0 Å². The van der Waals surface area contributed by atoms with Crippen LogP contribution in [0.3, 0.4) is 0 Å². The first kappa shape index (κ1) is 6.71. The van der Waals surface area contributed by atoms with Crippen molar-refractivity contribution in [1.29, 1.82) is 0 Å². The van der Waals surface area contributed by atoms with Crippen molar-refractivity contribution in [3.8, 4) is 5.82 Å². The van der Waals surface area contributed by atoms with Gasteiger partial charge in [-0.2, -0.15) is 4.98 Å². The number of rotatable bonds is 1. The topological polar surface area (TPSA) is 73.8 Å². The molecule has 0 N–H and O–H groups in total. The Bertz CT molecular complexity index is 418. The van der Waals surface area contributed by atoms with Gasteiger partial charge in [-0.05, 0) is 0 Å². The van der Waals surface area contributed by atoms with Crippen molar-refractivity contribution >= 4 is 0 Å². The molecule has 0 atom stereocenters. The molecule has 2 rings (SSSR count). The van der Waals surface area contributed by atoms with Crippen LogP contribution in [-0.4, -0.2) is 19.7 Å². The quantitative estimate of drug-likeness (QED) is 0.574. The molecule has 0 spiro atoms. The molecule has 12 heavy (non-hydrogen) atoms. The van der Waals surface area contributed by atoms with Crippen LogP contribution in [0.5, 0.6) is 0 Å². The molecule has 2 aromatic rings. The molecule has 0 amide bonds. The molecule has 0 saturated heterocycles. The standard InChI is InChI=1S/C6H4N4O2/c11-6-9-4-10(12-6)5-3-7-1-2-8-5/h1-4H. The molecule has 0 aliphatic heterocycles. The second kappa shape index (κ2) is 2.57. The third kappa shape index (κ3) is 1.09. The van der Waals surface area contributed by atoms with Crippen molar-refractivity contribution in [2.45, 2.75) is 0 Å². The van der Waals surface area contributed by atoms with Crippen LogP contribution in [0.15, 0.2) is 34.2 Å². The number of nitrogens with zero attached hydrogens (tertiary/aromatic N) is 4. The van der Waals surface area contributed by atoms with E-state index in [1.807, 2.05) is 0 Å². The zero-order valence-corrected chi connectivity index (χ0v) is 5.91. The molecule has 0 fully saturated rings. The predicted octanol–water partition coefficient (Wildman–Crippen LogP) is -0.385. The lowest BCUT2D eigenvalue weighted by atomic mass is 10.7. The predicted molar refractivity (Wildman–Crippen MR) is 37.7 cm³/mol. The lowest BCUT2D eigenvalue weighted by Gasteiger charge is -1.93. The van der Waals surface area contributed by atoms with Gasteiger partial charge in [-0.1, -0.05) is 0 Å². The summed E-state index contributed by atoms with van der Waals surface area (Å²) in [4.78, 5) is 21.6. The molecule has 0 bridgehead atoms. The van der Waals surface area contributed by atoms with E-state index in [2.05, 4.69) is 19.5 Å².